The van der Waals surface area contributed by atoms with Crippen molar-refractivity contribution in [2.45, 2.75) is 6.54 Å². The van der Waals surface area contributed by atoms with Gasteiger partial charge >= 0.3 is 0 Å². The van der Waals surface area contributed by atoms with E-state index in [0.29, 0.717) is 0 Å². The number of fused-ring (bicyclic) bond motifs is 1. The van der Waals surface area contributed by atoms with E-state index < -0.39 is 0 Å². The zero-order chi connectivity index (χ0) is 15.6. The van der Waals surface area contributed by atoms with Crippen LogP contribution in [-0.2, 0) is 6.54 Å². The molecule has 0 radical (unpaired) electrons. The van der Waals surface area contributed by atoms with Crippen molar-refractivity contribution in [1.29, 1.82) is 0 Å². The summed E-state index contributed by atoms with van der Waals surface area (Å²) >= 11 is 1.66. The molecule has 0 spiro atoms. The molecule has 2 aromatic heterocycles. The Morgan fingerprint density at radius 2 is 2.00 bits per heavy atom. The molecular weight excluding hydrogens is 306 g/mol. The lowest BCUT2D eigenvalue weighted by molar-refractivity contribution is 0.415. The summed E-state index contributed by atoms with van der Waals surface area (Å²) in [5, 5.41) is 5.43. The number of rotatable bonds is 4. The van der Waals surface area contributed by atoms with Crippen molar-refractivity contribution < 1.29 is 4.74 Å². The average molecular weight is 321 g/mol. The third kappa shape index (κ3) is 2.83. The third-order valence-electron chi connectivity index (χ3n) is 3.66. The summed E-state index contributed by atoms with van der Waals surface area (Å²) in [5.41, 5.74) is 3.26. The maximum absolute atomic E-state index is 5.27. The van der Waals surface area contributed by atoms with Crippen molar-refractivity contribution in [3.8, 4) is 16.3 Å². The Morgan fingerprint density at radius 3 is 2.83 bits per heavy atom. The van der Waals surface area contributed by atoms with Crippen molar-refractivity contribution in [2.24, 2.45) is 0 Å². The minimum absolute atomic E-state index is 0.763. The van der Waals surface area contributed by atoms with Gasteiger partial charge in [-0.25, -0.2) is 4.98 Å². The Kier molecular flexibility index (Phi) is 3.55. The van der Waals surface area contributed by atoms with Gasteiger partial charge in [0.05, 0.1) is 30.1 Å². The Bertz CT molecular complexity index is 943. The lowest BCUT2D eigenvalue weighted by Gasteiger charge is -2.00. The predicted octanol–water partition coefficient (Wildman–Crippen LogP) is 4.22. The summed E-state index contributed by atoms with van der Waals surface area (Å²) in [6.45, 7) is 0.763. The third-order valence-corrected chi connectivity index (χ3v) is 4.73. The van der Waals surface area contributed by atoms with Crippen molar-refractivity contribution >= 4 is 21.6 Å². The van der Waals surface area contributed by atoms with E-state index in [9.17, 15) is 0 Å². The standard InChI is InChI=1S/C18H15N3OS/c1-22-15-7-8-16-17(9-15)23-18(20-16)14-10-19-21(12-14)11-13-5-3-2-4-6-13/h2-10,12H,11H2,1H3. The van der Waals surface area contributed by atoms with Crippen molar-refractivity contribution in [3.63, 3.8) is 0 Å². The number of aromatic nitrogens is 3. The highest BCUT2D eigenvalue weighted by Gasteiger charge is 2.09. The van der Waals surface area contributed by atoms with Crippen molar-refractivity contribution in [1.82, 2.24) is 14.8 Å². The van der Waals surface area contributed by atoms with Gasteiger partial charge in [0.15, 0.2) is 0 Å². The van der Waals surface area contributed by atoms with Crippen LogP contribution in [0.15, 0.2) is 60.9 Å². The second-order valence-corrected chi connectivity index (χ2v) is 6.30. The van der Waals surface area contributed by atoms with Crippen LogP contribution in [-0.4, -0.2) is 21.9 Å². The van der Waals surface area contributed by atoms with Crippen LogP contribution >= 0.6 is 11.3 Å². The molecule has 0 unspecified atom stereocenters. The molecule has 5 heteroatoms. The number of benzene rings is 2. The van der Waals surface area contributed by atoms with Gasteiger partial charge in [-0.05, 0) is 23.8 Å². The fourth-order valence-electron chi connectivity index (χ4n) is 2.49. The number of thiazole rings is 1. The number of hydrogen-bond acceptors (Lipinski definition) is 4. The van der Waals surface area contributed by atoms with Gasteiger partial charge in [-0.3, -0.25) is 4.68 Å². The molecule has 0 amide bonds. The molecule has 0 aliphatic carbocycles. The molecule has 114 valence electrons. The molecule has 0 N–H and O–H groups in total. The van der Waals surface area contributed by atoms with Crippen LogP contribution in [0.3, 0.4) is 0 Å². The van der Waals surface area contributed by atoms with Gasteiger partial charge in [0.1, 0.15) is 10.8 Å². The monoisotopic (exact) mass is 321 g/mol. The molecule has 23 heavy (non-hydrogen) atoms. The zero-order valence-electron chi connectivity index (χ0n) is 12.6. The minimum atomic E-state index is 0.763. The lowest BCUT2D eigenvalue weighted by atomic mass is 10.2. The van der Waals surface area contributed by atoms with E-state index in [1.54, 1.807) is 18.4 Å². The minimum Gasteiger partial charge on any atom is -0.497 e. The van der Waals surface area contributed by atoms with Crippen LogP contribution < -0.4 is 4.74 Å². The van der Waals surface area contributed by atoms with E-state index in [4.69, 9.17) is 4.74 Å². The van der Waals surface area contributed by atoms with Crippen LogP contribution in [0, 0.1) is 0 Å². The number of methoxy groups -OCH3 is 1. The molecule has 0 saturated carbocycles. The van der Waals surface area contributed by atoms with E-state index in [0.717, 1.165) is 33.1 Å². The molecular formula is C18H15N3OS. The van der Waals surface area contributed by atoms with E-state index in [1.807, 2.05) is 53.5 Å². The largest absolute Gasteiger partial charge is 0.497 e. The van der Waals surface area contributed by atoms with Gasteiger partial charge < -0.3 is 4.74 Å². The molecule has 0 aliphatic rings. The summed E-state index contributed by atoms with van der Waals surface area (Å²) in [5.74, 6) is 0.854. The second-order valence-electron chi connectivity index (χ2n) is 5.26. The summed E-state index contributed by atoms with van der Waals surface area (Å²) < 4.78 is 8.33. The highest BCUT2D eigenvalue weighted by Crippen LogP contribution is 2.32. The highest BCUT2D eigenvalue weighted by atomic mass is 32.1. The molecule has 0 fully saturated rings. The van der Waals surface area contributed by atoms with Crippen LogP contribution in [0.4, 0.5) is 0 Å². The predicted molar refractivity (Wildman–Crippen MR) is 92.9 cm³/mol. The Morgan fingerprint density at radius 1 is 1.13 bits per heavy atom. The van der Waals surface area contributed by atoms with Crippen LogP contribution in [0.25, 0.3) is 20.8 Å². The molecule has 0 bridgehead atoms. The molecule has 0 atom stereocenters. The van der Waals surface area contributed by atoms with Crippen LogP contribution in [0.2, 0.25) is 0 Å². The van der Waals surface area contributed by atoms with Crippen molar-refractivity contribution in [3.05, 3.63) is 66.5 Å². The second kappa shape index (κ2) is 5.85. The van der Waals surface area contributed by atoms with Crippen molar-refractivity contribution in [2.75, 3.05) is 7.11 Å². The maximum atomic E-state index is 5.27. The summed E-state index contributed by atoms with van der Waals surface area (Å²) in [4.78, 5) is 4.69. The van der Waals surface area contributed by atoms with Gasteiger partial charge in [-0.1, -0.05) is 30.3 Å². The zero-order valence-corrected chi connectivity index (χ0v) is 13.5. The Labute approximate surface area is 138 Å². The van der Waals surface area contributed by atoms with E-state index in [-0.39, 0.29) is 0 Å². The molecule has 4 rings (SSSR count). The van der Waals surface area contributed by atoms with E-state index in [2.05, 4.69) is 22.2 Å². The van der Waals surface area contributed by atoms with Gasteiger partial charge in [-0.2, -0.15) is 5.10 Å². The number of hydrogen-bond donors (Lipinski definition) is 0. The summed E-state index contributed by atoms with van der Waals surface area (Å²) in [6, 6.07) is 16.3. The van der Waals surface area contributed by atoms with E-state index in [1.165, 1.54) is 5.56 Å². The first-order valence-corrected chi connectivity index (χ1v) is 8.15. The first-order valence-electron chi connectivity index (χ1n) is 7.33. The fourth-order valence-corrected chi connectivity index (χ4v) is 3.46. The normalized spacial score (nSPS) is 11.0. The number of ether oxygens (including phenoxy) is 1. The Hall–Kier alpha value is -2.66. The first kappa shape index (κ1) is 14.0. The summed E-state index contributed by atoms with van der Waals surface area (Å²) in [7, 11) is 1.68. The maximum Gasteiger partial charge on any atom is 0.127 e. The van der Waals surface area contributed by atoms with Gasteiger partial charge in [0.2, 0.25) is 0 Å². The fraction of sp³-hybridized carbons (Fsp3) is 0.111. The molecule has 2 aromatic carbocycles. The highest BCUT2D eigenvalue weighted by molar-refractivity contribution is 7.21. The molecule has 0 aliphatic heterocycles. The van der Waals surface area contributed by atoms with Gasteiger partial charge in [-0.15, -0.1) is 11.3 Å². The van der Waals surface area contributed by atoms with Crippen LogP contribution in [0.1, 0.15) is 5.56 Å². The van der Waals surface area contributed by atoms with Gasteiger partial charge in [0.25, 0.3) is 0 Å². The molecule has 4 aromatic rings. The topological polar surface area (TPSA) is 39.9 Å². The molecule has 4 nitrogen and oxygen atoms in total. The average Bonchev–Trinajstić information content (AvgIpc) is 3.21. The Balaban J connectivity index is 1.63. The smallest absolute Gasteiger partial charge is 0.127 e. The van der Waals surface area contributed by atoms with Crippen LogP contribution in [0.5, 0.6) is 5.75 Å². The van der Waals surface area contributed by atoms with E-state index >= 15 is 0 Å². The quantitative estimate of drug-likeness (QED) is 0.565. The molecule has 0 saturated heterocycles. The first-order chi connectivity index (χ1) is 11.3. The SMILES string of the molecule is COc1ccc2nc(-c3cnn(Cc4ccccc4)c3)sc2c1. The summed E-state index contributed by atoms with van der Waals surface area (Å²) in [6.07, 6.45) is 3.92. The molecule has 2 heterocycles. The number of nitrogens with zero attached hydrogens (tertiary/aromatic N) is 3. The van der Waals surface area contributed by atoms with Gasteiger partial charge in [0, 0.05) is 11.8 Å². The lowest BCUT2D eigenvalue weighted by Crippen LogP contribution is -1.99.